The molecule has 10 heteroatoms. The van der Waals surface area contributed by atoms with Crippen molar-refractivity contribution in [3.8, 4) is 17.3 Å². The van der Waals surface area contributed by atoms with Crippen molar-refractivity contribution in [2.24, 2.45) is 0 Å². The lowest BCUT2D eigenvalue weighted by Gasteiger charge is -2.07. The van der Waals surface area contributed by atoms with Crippen LogP contribution in [0.25, 0.3) is 5.69 Å². The molecule has 0 aliphatic heterocycles. The predicted octanol–water partition coefficient (Wildman–Crippen LogP) is 4.04. The normalized spacial score (nSPS) is 10.5. The topological polar surface area (TPSA) is 112 Å². The van der Waals surface area contributed by atoms with Gasteiger partial charge in [0.05, 0.1) is 10.6 Å². The Morgan fingerprint density at radius 3 is 2.62 bits per heavy atom. The molecule has 0 unspecified atom stereocenters. The number of nitrogens with one attached hydrogen (secondary N) is 1. The number of nitro benzene ring substituents is 1. The summed E-state index contributed by atoms with van der Waals surface area (Å²) >= 11 is 0. The van der Waals surface area contributed by atoms with Crippen LogP contribution in [-0.2, 0) is 6.54 Å². The van der Waals surface area contributed by atoms with Gasteiger partial charge in [0, 0.05) is 43.2 Å². The number of amides is 1. The van der Waals surface area contributed by atoms with E-state index in [0.717, 1.165) is 5.56 Å². The number of rotatable bonds is 7. The molecule has 2 aromatic carbocycles. The maximum Gasteiger partial charge on any atom is 0.272 e. The fourth-order valence-electron chi connectivity index (χ4n) is 2.82. The SMILES string of the molecule is O=C(NCc1ccc(Oc2cccc(F)c2)nc1)c1ccn(-c2ccc([N+](=O)[O-])cc2)n1. The average Bonchev–Trinajstić information content (AvgIpc) is 3.29. The summed E-state index contributed by atoms with van der Waals surface area (Å²) < 4.78 is 20.2. The number of hydrogen-bond donors (Lipinski definition) is 1. The first-order valence-electron chi connectivity index (χ1n) is 9.45. The quantitative estimate of drug-likeness (QED) is 0.348. The molecular weight excluding hydrogens is 417 g/mol. The van der Waals surface area contributed by atoms with Gasteiger partial charge in [0.2, 0.25) is 5.88 Å². The van der Waals surface area contributed by atoms with E-state index >= 15 is 0 Å². The third-order valence-corrected chi connectivity index (χ3v) is 4.42. The molecule has 4 aromatic rings. The van der Waals surface area contributed by atoms with Crippen molar-refractivity contribution in [2.75, 3.05) is 0 Å². The Morgan fingerprint density at radius 2 is 1.94 bits per heavy atom. The second-order valence-electron chi connectivity index (χ2n) is 6.67. The van der Waals surface area contributed by atoms with E-state index in [1.807, 2.05) is 0 Å². The number of benzene rings is 2. The Balaban J connectivity index is 1.34. The van der Waals surface area contributed by atoms with Gasteiger partial charge in [0.1, 0.15) is 11.6 Å². The van der Waals surface area contributed by atoms with Crippen LogP contribution in [-0.4, -0.2) is 25.6 Å². The van der Waals surface area contributed by atoms with Crippen LogP contribution in [0.5, 0.6) is 11.6 Å². The minimum absolute atomic E-state index is 0.0279. The van der Waals surface area contributed by atoms with Crippen molar-refractivity contribution in [3.05, 3.63) is 106 Å². The molecule has 0 fully saturated rings. The van der Waals surface area contributed by atoms with E-state index in [-0.39, 0.29) is 23.8 Å². The number of hydrogen-bond acceptors (Lipinski definition) is 6. The van der Waals surface area contributed by atoms with Crippen LogP contribution >= 0.6 is 0 Å². The number of ether oxygens (including phenoxy) is 1. The summed E-state index contributed by atoms with van der Waals surface area (Å²) in [6.07, 6.45) is 3.14. The zero-order valence-electron chi connectivity index (χ0n) is 16.5. The third kappa shape index (κ3) is 4.93. The van der Waals surface area contributed by atoms with Gasteiger partial charge in [-0.1, -0.05) is 12.1 Å². The Labute approximate surface area is 181 Å². The molecule has 0 bridgehead atoms. The second kappa shape index (κ2) is 9.04. The minimum atomic E-state index is -0.485. The van der Waals surface area contributed by atoms with Gasteiger partial charge in [-0.05, 0) is 35.9 Å². The van der Waals surface area contributed by atoms with E-state index in [9.17, 15) is 19.3 Å². The number of carbonyl (C=O) groups is 1. The number of carbonyl (C=O) groups excluding carboxylic acids is 1. The maximum atomic E-state index is 13.2. The molecular formula is C22H16FN5O4. The minimum Gasteiger partial charge on any atom is -0.439 e. The van der Waals surface area contributed by atoms with Crippen molar-refractivity contribution in [1.29, 1.82) is 0 Å². The number of pyridine rings is 1. The maximum absolute atomic E-state index is 13.2. The molecule has 2 aromatic heterocycles. The first kappa shape index (κ1) is 20.7. The molecule has 32 heavy (non-hydrogen) atoms. The molecule has 0 radical (unpaired) electrons. The lowest BCUT2D eigenvalue weighted by atomic mass is 10.3. The summed E-state index contributed by atoms with van der Waals surface area (Å²) in [7, 11) is 0. The fourth-order valence-corrected chi connectivity index (χ4v) is 2.82. The van der Waals surface area contributed by atoms with Gasteiger partial charge >= 0.3 is 0 Å². The highest BCUT2D eigenvalue weighted by molar-refractivity contribution is 5.92. The van der Waals surface area contributed by atoms with E-state index in [4.69, 9.17) is 4.74 Å². The number of halogens is 1. The molecule has 2 heterocycles. The van der Waals surface area contributed by atoms with Crippen LogP contribution in [0.3, 0.4) is 0 Å². The van der Waals surface area contributed by atoms with E-state index in [0.29, 0.717) is 17.3 Å². The molecule has 1 amide bonds. The molecule has 0 spiro atoms. The van der Waals surface area contributed by atoms with Crippen molar-refractivity contribution >= 4 is 11.6 Å². The zero-order chi connectivity index (χ0) is 22.5. The van der Waals surface area contributed by atoms with E-state index < -0.39 is 10.7 Å². The first-order chi connectivity index (χ1) is 15.5. The molecule has 1 N–H and O–H groups in total. The van der Waals surface area contributed by atoms with Crippen molar-refractivity contribution in [1.82, 2.24) is 20.1 Å². The smallest absolute Gasteiger partial charge is 0.272 e. The Kier molecular flexibility index (Phi) is 5.84. The molecule has 0 atom stereocenters. The monoisotopic (exact) mass is 433 g/mol. The highest BCUT2D eigenvalue weighted by Gasteiger charge is 2.11. The Bertz CT molecular complexity index is 1260. The summed E-state index contributed by atoms with van der Waals surface area (Å²) in [4.78, 5) is 26.8. The summed E-state index contributed by atoms with van der Waals surface area (Å²) in [6, 6.07) is 16.5. The summed E-state index contributed by atoms with van der Waals surface area (Å²) in [5.41, 5.74) is 1.50. The van der Waals surface area contributed by atoms with Crippen molar-refractivity contribution < 1.29 is 18.8 Å². The third-order valence-electron chi connectivity index (χ3n) is 4.42. The highest BCUT2D eigenvalue weighted by Crippen LogP contribution is 2.20. The van der Waals surface area contributed by atoms with Gasteiger partial charge < -0.3 is 10.1 Å². The van der Waals surface area contributed by atoms with Crippen LogP contribution in [0.4, 0.5) is 10.1 Å². The largest absolute Gasteiger partial charge is 0.439 e. The van der Waals surface area contributed by atoms with E-state index in [1.54, 1.807) is 48.8 Å². The summed E-state index contributed by atoms with van der Waals surface area (Å²) in [6.45, 7) is 0.219. The van der Waals surface area contributed by atoms with Gasteiger partial charge in [-0.25, -0.2) is 14.1 Å². The number of non-ortho nitro benzene ring substituents is 1. The summed E-state index contributed by atoms with van der Waals surface area (Å²) in [5.74, 6) is -0.154. The van der Waals surface area contributed by atoms with Gasteiger partial charge in [-0.15, -0.1) is 0 Å². The first-order valence-corrected chi connectivity index (χ1v) is 9.45. The van der Waals surface area contributed by atoms with Crippen LogP contribution in [0.2, 0.25) is 0 Å². The number of nitrogens with zero attached hydrogens (tertiary/aromatic N) is 4. The van der Waals surface area contributed by atoms with Gasteiger partial charge in [-0.3, -0.25) is 14.9 Å². The van der Waals surface area contributed by atoms with Gasteiger partial charge in [-0.2, -0.15) is 5.10 Å². The van der Waals surface area contributed by atoms with Crippen molar-refractivity contribution in [2.45, 2.75) is 6.54 Å². The molecule has 0 aliphatic carbocycles. The second-order valence-corrected chi connectivity index (χ2v) is 6.67. The van der Waals surface area contributed by atoms with Gasteiger partial charge in [0.15, 0.2) is 5.69 Å². The molecule has 0 saturated heterocycles. The summed E-state index contributed by atoms with van der Waals surface area (Å²) in [5, 5.41) is 17.7. The van der Waals surface area contributed by atoms with Crippen LogP contribution in [0.1, 0.15) is 16.1 Å². The van der Waals surface area contributed by atoms with Crippen LogP contribution < -0.4 is 10.1 Å². The number of nitro groups is 1. The van der Waals surface area contributed by atoms with Crippen molar-refractivity contribution in [3.63, 3.8) is 0 Å². The Hall–Kier alpha value is -4.60. The van der Waals surface area contributed by atoms with E-state index in [1.165, 1.54) is 35.0 Å². The predicted molar refractivity (Wildman–Crippen MR) is 112 cm³/mol. The highest BCUT2D eigenvalue weighted by atomic mass is 19.1. The molecule has 0 saturated carbocycles. The lowest BCUT2D eigenvalue weighted by molar-refractivity contribution is -0.384. The molecule has 9 nitrogen and oxygen atoms in total. The zero-order valence-corrected chi connectivity index (χ0v) is 16.5. The van der Waals surface area contributed by atoms with Crippen LogP contribution in [0, 0.1) is 15.9 Å². The number of aromatic nitrogens is 3. The Morgan fingerprint density at radius 1 is 1.12 bits per heavy atom. The molecule has 0 aliphatic rings. The fraction of sp³-hybridized carbons (Fsp3) is 0.0455. The molecule has 160 valence electrons. The standard InChI is InChI=1S/C22H16FN5O4/c23-16-2-1-3-19(12-16)32-21-9-4-15(13-24-21)14-25-22(29)20-10-11-27(26-20)17-5-7-18(8-6-17)28(30)31/h1-13H,14H2,(H,25,29). The average molecular weight is 433 g/mol. The molecule has 4 rings (SSSR count). The van der Waals surface area contributed by atoms with Gasteiger partial charge in [0.25, 0.3) is 11.6 Å². The van der Waals surface area contributed by atoms with E-state index in [2.05, 4.69) is 15.4 Å². The van der Waals surface area contributed by atoms with Crippen LogP contribution in [0.15, 0.2) is 79.1 Å². The lowest BCUT2D eigenvalue weighted by Crippen LogP contribution is -2.23.